The van der Waals surface area contributed by atoms with Gasteiger partial charge in [-0.15, -0.1) is 0 Å². The molecule has 15 heavy (non-hydrogen) atoms. The van der Waals surface area contributed by atoms with Crippen LogP contribution < -0.4 is 0 Å². The normalized spacial score (nSPS) is 12.4. The van der Waals surface area contributed by atoms with Gasteiger partial charge in [0.15, 0.2) is 0 Å². The van der Waals surface area contributed by atoms with Gasteiger partial charge in [0.1, 0.15) is 0 Å². The van der Waals surface area contributed by atoms with E-state index < -0.39 is 0 Å². The van der Waals surface area contributed by atoms with Crippen LogP contribution in [-0.2, 0) is 0 Å². The molecule has 0 rings (SSSR count). The summed E-state index contributed by atoms with van der Waals surface area (Å²) in [5, 5.41) is 0. The molecule has 0 atom stereocenters. The maximum absolute atomic E-state index is 4.75. The third kappa shape index (κ3) is 8.19. The molecule has 0 unspecified atom stereocenters. The van der Waals surface area contributed by atoms with Crippen LogP contribution in [0.25, 0.3) is 0 Å². The summed E-state index contributed by atoms with van der Waals surface area (Å²) in [6.07, 6.45) is 10.9. The average molecular weight is 230 g/mol. The van der Waals surface area contributed by atoms with Crippen LogP contribution in [0.2, 0.25) is 0 Å². The first-order chi connectivity index (χ1) is 7.02. The molecule has 0 radical (unpaired) electrons. The lowest BCUT2D eigenvalue weighted by molar-refractivity contribution is 0.346. The van der Waals surface area contributed by atoms with E-state index in [-0.39, 0.29) is 4.75 Å². The Labute approximate surface area is 103 Å². The number of unbranched alkanes of at least 4 members (excludes halogenated alkanes) is 4. The standard InChI is InChI=1S/C14H30S/c1-5-7-9-11-13(14(3,4)15)12-10-8-6-2/h13,15H,5-12H2,1-4H3. The van der Waals surface area contributed by atoms with E-state index in [0.717, 1.165) is 5.92 Å². The quantitative estimate of drug-likeness (QED) is 0.394. The van der Waals surface area contributed by atoms with Crippen molar-refractivity contribution in [1.29, 1.82) is 0 Å². The van der Waals surface area contributed by atoms with Crippen molar-refractivity contribution in [2.24, 2.45) is 5.92 Å². The van der Waals surface area contributed by atoms with Gasteiger partial charge in [0.25, 0.3) is 0 Å². The summed E-state index contributed by atoms with van der Waals surface area (Å²) in [5.74, 6) is 0.805. The van der Waals surface area contributed by atoms with Gasteiger partial charge in [0.2, 0.25) is 0 Å². The van der Waals surface area contributed by atoms with Crippen molar-refractivity contribution in [3.05, 3.63) is 0 Å². The molecule has 0 aromatic heterocycles. The molecule has 0 saturated heterocycles. The van der Waals surface area contributed by atoms with Crippen molar-refractivity contribution < 1.29 is 0 Å². The predicted octanol–water partition coefficient (Wildman–Crippen LogP) is 5.47. The maximum atomic E-state index is 4.75. The van der Waals surface area contributed by atoms with Crippen LogP contribution in [0.3, 0.4) is 0 Å². The van der Waals surface area contributed by atoms with Crippen LogP contribution in [0.5, 0.6) is 0 Å². The molecule has 0 aromatic carbocycles. The van der Waals surface area contributed by atoms with Crippen molar-refractivity contribution in [2.45, 2.75) is 83.8 Å². The van der Waals surface area contributed by atoms with Gasteiger partial charge in [-0.1, -0.05) is 66.2 Å². The van der Waals surface area contributed by atoms with Crippen LogP contribution in [0.15, 0.2) is 0 Å². The summed E-state index contributed by atoms with van der Waals surface area (Å²) in [6, 6.07) is 0. The Morgan fingerprint density at radius 1 is 0.867 bits per heavy atom. The Balaban J connectivity index is 3.85. The highest BCUT2D eigenvalue weighted by molar-refractivity contribution is 7.81. The molecular formula is C14H30S. The van der Waals surface area contributed by atoms with E-state index in [9.17, 15) is 0 Å². The minimum atomic E-state index is 0.210. The summed E-state index contributed by atoms with van der Waals surface area (Å²) in [4.78, 5) is 0. The first-order valence-corrected chi connectivity index (χ1v) is 7.19. The van der Waals surface area contributed by atoms with Gasteiger partial charge in [-0.25, -0.2) is 0 Å². The zero-order valence-corrected chi connectivity index (χ0v) is 12.1. The van der Waals surface area contributed by atoms with Gasteiger partial charge in [-0.05, 0) is 18.8 Å². The third-order valence-corrected chi connectivity index (χ3v) is 3.68. The second-order valence-corrected chi connectivity index (χ2v) is 6.49. The van der Waals surface area contributed by atoms with Crippen LogP contribution in [0, 0.1) is 5.92 Å². The molecule has 0 heterocycles. The van der Waals surface area contributed by atoms with Crippen molar-refractivity contribution in [3.8, 4) is 0 Å². The second-order valence-electron chi connectivity index (χ2n) is 5.34. The molecule has 0 nitrogen and oxygen atoms in total. The predicted molar refractivity (Wildman–Crippen MR) is 74.8 cm³/mol. The van der Waals surface area contributed by atoms with E-state index in [0.29, 0.717) is 0 Å². The van der Waals surface area contributed by atoms with Crippen molar-refractivity contribution >= 4 is 12.6 Å². The summed E-state index contributed by atoms with van der Waals surface area (Å²) >= 11 is 4.75. The summed E-state index contributed by atoms with van der Waals surface area (Å²) in [5.41, 5.74) is 0. The van der Waals surface area contributed by atoms with Crippen LogP contribution in [0.1, 0.15) is 79.1 Å². The smallest absolute Gasteiger partial charge is 0.0101 e. The Kier molecular flexibility index (Phi) is 8.69. The molecule has 0 bridgehead atoms. The molecule has 0 amide bonds. The molecule has 0 aliphatic carbocycles. The van der Waals surface area contributed by atoms with Crippen molar-refractivity contribution in [3.63, 3.8) is 0 Å². The molecule has 0 fully saturated rings. The van der Waals surface area contributed by atoms with Gasteiger partial charge in [-0.2, -0.15) is 12.6 Å². The van der Waals surface area contributed by atoms with Gasteiger partial charge in [0.05, 0.1) is 0 Å². The zero-order chi connectivity index (χ0) is 11.7. The molecular weight excluding hydrogens is 200 g/mol. The summed E-state index contributed by atoms with van der Waals surface area (Å²) in [7, 11) is 0. The minimum Gasteiger partial charge on any atom is -0.173 e. The van der Waals surface area contributed by atoms with Gasteiger partial charge in [-0.3, -0.25) is 0 Å². The Hall–Kier alpha value is 0.350. The summed E-state index contributed by atoms with van der Waals surface area (Å²) in [6.45, 7) is 9.10. The second kappa shape index (κ2) is 8.50. The molecule has 0 aromatic rings. The van der Waals surface area contributed by atoms with Crippen molar-refractivity contribution in [2.75, 3.05) is 0 Å². The lowest BCUT2D eigenvalue weighted by atomic mass is 9.85. The minimum absolute atomic E-state index is 0.210. The number of thiol groups is 1. The first kappa shape index (κ1) is 15.3. The SMILES string of the molecule is CCCCCC(CCCCC)C(C)(C)S. The van der Waals surface area contributed by atoms with E-state index in [1.807, 2.05) is 0 Å². The summed E-state index contributed by atoms with van der Waals surface area (Å²) < 4.78 is 0.210. The lowest BCUT2D eigenvalue weighted by Crippen LogP contribution is -2.24. The Bertz CT molecular complexity index is 125. The van der Waals surface area contributed by atoms with Crippen LogP contribution >= 0.6 is 12.6 Å². The molecule has 0 saturated carbocycles. The van der Waals surface area contributed by atoms with E-state index in [2.05, 4.69) is 27.7 Å². The van der Waals surface area contributed by atoms with Gasteiger partial charge >= 0.3 is 0 Å². The largest absolute Gasteiger partial charge is 0.173 e. The molecule has 0 aliphatic rings. The van der Waals surface area contributed by atoms with Crippen molar-refractivity contribution in [1.82, 2.24) is 0 Å². The zero-order valence-electron chi connectivity index (χ0n) is 11.2. The van der Waals surface area contributed by atoms with Gasteiger partial charge < -0.3 is 0 Å². The molecule has 0 aliphatic heterocycles. The number of hydrogen-bond acceptors (Lipinski definition) is 1. The Morgan fingerprint density at radius 2 is 1.27 bits per heavy atom. The molecule has 92 valence electrons. The van der Waals surface area contributed by atoms with Crippen LogP contribution in [-0.4, -0.2) is 4.75 Å². The fourth-order valence-corrected chi connectivity index (χ4v) is 2.39. The fourth-order valence-electron chi connectivity index (χ4n) is 2.13. The maximum Gasteiger partial charge on any atom is 0.0101 e. The lowest BCUT2D eigenvalue weighted by Gasteiger charge is -2.30. The average Bonchev–Trinajstić information content (AvgIpc) is 2.14. The molecule has 0 N–H and O–H groups in total. The highest BCUT2D eigenvalue weighted by atomic mass is 32.1. The van der Waals surface area contributed by atoms with E-state index in [1.54, 1.807) is 0 Å². The molecule has 1 heteroatoms. The fraction of sp³-hybridized carbons (Fsp3) is 1.00. The Morgan fingerprint density at radius 3 is 1.53 bits per heavy atom. The topological polar surface area (TPSA) is 0 Å². The highest BCUT2D eigenvalue weighted by Crippen LogP contribution is 2.32. The molecule has 0 spiro atoms. The number of rotatable bonds is 9. The van der Waals surface area contributed by atoms with Crippen LogP contribution in [0.4, 0.5) is 0 Å². The first-order valence-electron chi connectivity index (χ1n) is 6.74. The third-order valence-electron chi connectivity index (χ3n) is 3.31. The van der Waals surface area contributed by atoms with E-state index >= 15 is 0 Å². The number of hydrogen-bond donors (Lipinski definition) is 1. The van der Waals surface area contributed by atoms with E-state index in [4.69, 9.17) is 12.6 Å². The monoisotopic (exact) mass is 230 g/mol. The highest BCUT2D eigenvalue weighted by Gasteiger charge is 2.24. The van der Waals surface area contributed by atoms with E-state index in [1.165, 1.54) is 51.4 Å². The van der Waals surface area contributed by atoms with Gasteiger partial charge in [0, 0.05) is 4.75 Å².